The van der Waals surface area contributed by atoms with Gasteiger partial charge in [-0.3, -0.25) is 4.99 Å². The van der Waals surface area contributed by atoms with Crippen molar-refractivity contribution in [3.63, 3.8) is 0 Å². The Morgan fingerprint density at radius 1 is 1.14 bits per heavy atom. The van der Waals surface area contributed by atoms with E-state index in [0.717, 1.165) is 23.9 Å². The van der Waals surface area contributed by atoms with Gasteiger partial charge in [-0.15, -0.1) is 24.8 Å². The first-order chi connectivity index (χ1) is 9.90. The third kappa shape index (κ3) is 5.99. The summed E-state index contributed by atoms with van der Waals surface area (Å²) >= 11 is 1.88. The Balaban J connectivity index is 0.00000121. The second-order valence-corrected chi connectivity index (χ2v) is 6.66. The minimum atomic E-state index is 0. The topological polar surface area (TPSA) is 27.6 Å². The van der Waals surface area contributed by atoms with Gasteiger partial charge in [-0.1, -0.05) is 42.1 Å². The van der Waals surface area contributed by atoms with E-state index in [1.807, 2.05) is 11.8 Å². The molecule has 0 amide bonds. The summed E-state index contributed by atoms with van der Waals surface area (Å²) in [6.07, 6.45) is 3.83. The van der Waals surface area contributed by atoms with Gasteiger partial charge in [0.25, 0.3) is 0 Å². The molecule has 0 spiro atoms. The van der Waals surface area contributed by atoms with E-state index >= 15 is 0 Å². The van der Waals surface area contributed by atoms with Crippen molar-refractivity contribution in [1.82, 2.24) is 10.2 Å². The molecule has 3 nitrogen and oxygen atoms in total. The minimum Gasteiger partial charge on any atom is -0.360 e. The summed E-state index contributed by atoms with van der Waals surface area (Å²) in [5.74, 6) is 1.16. The van der Waals surface area contributed by atoms with Crippen LogP contribution in [0.3, 0.4) is 0 Å². The number of thioether (sulfide) groups is 1. The molecule has 1 fully saturated rings. The molecule has 0 bridgehead atoms. The Morgan fingerprint density at radius 2 is 1.86 bits per heavy atom. The Bertz CT molecular complexity index is 450. The Kier molecular flexibility index (Phi) is 9.25. The molecule has 0 radical (unpaired) electrons. The van der Waals surface area contributed by atoms with Gasteiger partial charge in [0, 0.05) is 12.3 Å². The lowest BCUT2D eigenvalue weighted by Crippen LogP contribution is -2.31. The van der Waals surface area contributed by atoms with E-state index in [1.165, 1.54) is 38.0 Å². The van der Waals surface area contributed by atoms with Crippen LogP contribution in [0.25, 0.3) is 0 Å². The van der Waals surface area contributed by atoms with E-state index in [0.29, 0.717) is 6.04 Å². The van der Waals surface area contributed by atoms with E-state index in [2.05, 4.69) is 45.5 Å². The van der Waals surface area contributed by atoms with Gasteiger partial charge in [0.2, 0.25) is 0 Å². The Morgan fingerprint density at radius 3 is 2.59 bits per heavy atom. The van der Waals surface area contributed by atoms with Crippen LogP contribution in [0.5, 0.6) is 0 Å². The summed E-state index contributed by atoms with van der Waals surface area (Å²) in [6, 6.07) is 11.2. The standard InChI is InChI=1S/C16H23N3S.2ClH/c1-2-6-14(7-3-1)12-15-13-17-16(18-15)20-11-10-19-8-4-5-9-19;;/h1-3,6-7,15H,4-5,8-13H2,(H,17,18);2*1H. The van der Waals surface area contributed by atoms with Crippen LogP contribution in [0.1, 0.15) is 18.4 Å². The van der Waals surface area contributed by atoms with Gasteiger partial charge in [-0.05, 0) is 37.9 Å². The van der Waals surface area contributed by atoms with Crippen molar-refractivity contribution >= 4 is 41.7 Å². The second-order valence-electron chi connectivity index (χ2n) is 5.57. The highest BCUT2D eigenvalue weighted by molar-refractivity contribution is 8.13. The number of nitrogens with one attached hydrogen (secondary N) is 1. The second kappa shape index (κ2) is 10.4. The first kappa shape index (κ1) is 19.6. The van der Waals surface area contributed by atoms with Gasteiger partial charge in [-0.2, -0.15) is 0 Å². The van der Waals surface area contributed by atoms with Crippen LogP contribution in [0.2, 0.25) is 0 Å². The van der Waals surface area contributed by atoms with Crippen molar-refractivity contribution in [3.8, 4) is 0 Å². The van der Waals surface area contributed by atoms with Crippen molar-refractivity contribution in [2.24, 2.45) is 4.99 Å². The van der Waals surface area contributed by atoms with Gasteiger partial charge in [-0.25, -0.2) is 0 Å². The molecule has 0 aliphatic carbocycles. The van der Waals surface area contributed by atoms with Gasteiger partial charge in [0.1, 0.15) is 0 Å². The lowest BCUT2D eigenvalue weighted by molar-refractivity contribution is 0.362. The number of likely N-dealkylation sites (tertiary alicyclic amines) is 1. The van der Waals surface area contributed by atoms with E-state index in [1.54, 1.807) is 0 Å². The summed E-state index contributed by atoms with van der Waals surface area (Å²) in [4.78, 5) is 7.19. The van der Waals surface area contributed by atoms with E-state index in [9.17, 15) is 0 Å². The molecule has 0 saturated carbocycles. The molecular weight excluding hydrogens is 337 g/mol. The molecule has 1 aromatic carbocycles. The fourth-order valence-electron chi connectivity index (χ4n) is 2.84. The first-order valence-electron chi connectivity index (χ1n) is 7.60. The van der Waals surface area contributed by atoms with Crippen molar-refractivity contribution in [2.75, 3.05) is 31.9 Å². The molecule has 3 rings (SSSR count). The van der Waals surface area contributed by atoms with Crippen LogP contribution in [-0.4, -0.2) is 48.0 Å². The molecule has 1 N–H and O–H groups in total. The average molecular weight is 362 g/mol. The minimum absolute atomic E-state index is 0. The molecule has 124 valence electrons. The zero-order valence-electron chi connectivity index (χ0n) is 12.7. The van der Waals surface area contributed by atoms with Gasteiger partial charge in [0.05, 0.1) is 12.6 Å². The third-order valence-corrected chi connectivity index (χ3v) is 4.86. The van der Waals surface area contributed by atoms with Crippen LogP contribution in [0, 0.1) is 0 Å². The Labute approximate surface area is 150 Å². The summed E-state index contributed by atoms with van der Waals surface area (Å²) in [6.45, 7) is 4.70. The van der Waals surface area contributed by atoms with Crippen LogP contribution in [-0.2, 0) is 6.42 Å². The van der Waals surface area contributed by atoms with Gasteiger partial charge < -0.3 is 10.2 Å². The molecule has 6 heteroatoms. The maximum atomic E-state index is 4.63. The highest BCUT2D eigenvalue weighted by Gasteiger charge is 2.18. The molecule has 1 saturated heterocycles. The normalized spacial score (nSPS) is 20.7. The number of aliphatic imine (C=N–C) groups is 1. The van der Waals surface area contributed by atoms with Crippen molar-refractivity contribution in [1.29, 1.82) is 0 Å². The van der Waals surface area contributed by atoms with E-state index in [4.69, 9.17) is 0 Å². The molecule has 1 atom stereocenters. The lowest BCUT2D eigenvalue weighted by Gasteiger charge is -2.14. The predicted molar refractivity (Wildman–Crippen MR) is 102 cm³/mol. The van der Waals surface area contributed by atoms with E-state index < -0.39 is 0 Å². The molecule has 2 aliphatic heterocycles. The molecule has 2 heterocycles. The number of hydrogen-bond acceptors (Lipinski definition) is 4. The third-order valence-electron chi connectivity index (χ3n) is 3.95. The average Bonchev–Trinajstić information content (AvgIpc) is 3.12. The SMILES string of the molecule is Cl.Cl.c1ccc(CC2CN=C(SCCN3CCCC3)N2)cc1. The monoisotopic (exact) mass is 361 g/mol. The van der Waals surface area contributed by atoms with Crippen molar-refractivity contribution in [3.05, 3.63) is 35.9 Å². The Hall–Kier alpha value is -0.420. The summed E-state index contributed by atoms with van der Waals surface area (Å²) < 4.78 is 0. The van der Waals surface area contributed by atoms with Crippen molar-refractivity contribution < 1.29 is 0 Å². The maximum Gasteiger partial charge on any atom is 0.156 e. The van der Waals surface area contributed by atoms with Crippen LogP contribution in [0.15, 0.2) is 35.3 Å². The number of rotatable bonds is 5. The molecular formula is C16H25Cl2N3S. The largest absolute Gasteiger partial charge is 0.360 e. The smallest absolute Gasteiger partial charge is 0.156 e. The molecule has 0 aromatic heterocycles. The number of benzene rings is 1. The van der Waals surface area contributed by atoms with E-state index in [-0.39, 0.29) is 24.8 Å². The van der Waals surface area contributed by atoms with Crippen molar-refractivity contribution in [2.45, 2.75) is 25.3 Å². The summed E-state index contributed by atoms with van der Waals surface area (Å²) in [7, 11) is 0. The van der Waals surface area contributed by atoms with Gasteiger partial charge >= 0.3 is 0 Å². The molecule has 2 aliphatic rings. The maximum absolute atomic E-state index is 4.63. The van der Waals surface area contributed by atoms with Crippen LogP contribution in [0.4, 0.5) is 0 Å². The van der Waals surface area contributed by atoms with Gasteiger partial charge in [0.15, 0.2) is 5.17 Å². The van der Waals surface area contributed by atoms with Crippen LogP contribution < -0.4 is 5.32 Å². The number of amidine groups is 1. The quantitative estimate of drug-likeness (QED) is 0.872. The fraction of sp³-hybridized carbons (Fsp3) is 0.562. The predicted octanol–water partition coefficient (Wildman–Crippen LogP) is 3.23. The summed E-state index contributed by atoms with van der Waals surface area (Å²) in [5.41, 5.74) is 1.39. The molecule has 1 aromatic rings. The fourth-order valence-corrected chi connectivity index (χ4v) is 3.80. The number of hydrogen-bond donors (Lipinski definition) is 1. The van der Waals surface area contributed by atoms with Crippen LogP contribution >= 0.6 is 36.6 Å². The molecule has 1 unspecified atom stereocenters. The number of halogens is 2. The lowest BCUT2D eigenvalue weighted by atomic mass is 10.1. The number of nitrogens with zero attached hydrogens (tertiary/aromatic N) is 2. The molecule has 22 heavy (non-hydrogen) atoms. The highest BCUT2D eigenvalue weighted by atomic mass is 35.5. The first-order valence-corrected chi connectivity index (χ1v) is 8.59. The zero-order chi connectivity index (χ0) is 13.6. The zero-order valence-corrected chi connectivity index (χ0v) is 15.2. The highest BCUT2D eigenvalue weighted by Crippen LogP contribution is 2.14. The summed E-state index contributed by atoms with van der Waals surface area (Å²) in [5, 5.41) is 4.70.